The molecule has 5 rings (SSSR count). The van der Waals surface area contributed by atoms with Crippen LogP contribution in [0.3, 0.4) is 0 Å². The van der Waals surface area contributed by atoms with E-state index in [-0.39, 0.29) is 0 Å². The van der Waals surface area contributed by atoms with Gasteiger partial charge >= 0.3 is 0 Å². The molecule has 0 bridgehead atoms. The van der Waals surface area contributed by atoms with Crippen molar-refractivity contribution in [1.82, 2.24) is 35.0 Å². The zero-order chi connectivity index (χ0) is 19.8. The van der Waals surface area contributed by atoms with Crippen LogP contribution in [0.1, 0.15) is 11.3 Å². The van der Waals surface area contributed by atoms with E-state index in [2.05, 4.69) is 46.4 Å². The Morgan fingerprint density at radius 3 is 2.90 bits per heavy atom. The van der Waals surface area contributed by atoms with E-state index in [1.165, 1.54) is 0 Å². The SMILES string of the molecule is CN(C)Cc1cncc(-c2cc3c(-c4nc5c([nH]4)C=CC=CN5)n[nH]c3cn2)c1. The number of anilines is 1. The summed E-state index contributed by atoms with van der Waals surface area (Å²) in [5, 5.41) is 11.6. The highest BCUT2D eigenvalue weighted by Gasteiger charge is 2.16. The van der Waals surface area contributed by atoms with Gasteiger partial charge in [0.05, 0.1) is 23.1 Å². The van der Waals surface area contributed by atoms with Gasteiger partial charge in [0.25, 0.3) is 0 Å². The van der Waals surface area contributed by atoms with Crippen LogP contribution in [0.4, 0.5) is 5.82 Å². The van der Waals surface area contributed by atoms with Crippen LogP contribution < -0.4 is 5.32 Å². The molecule has 0 atom stereocenters. The number of fused-ring (bicyclic) bond motifs is 2. The van der Waals surface area contributed by atoms with Gasteiger partial charge in [0.15, 0.2) is 11.6 Å². The molecule has 0 fully saturated rings. The monoisotopic (exact) mass is 384 g/mol. The first kappa shape index (κ1) is 17.3. The Kier molecular flexibility index (Phi) is 4.18. The van der Waals surface area contributed by atoms with E-state index in [4.69, 9.17) is 0 Å². The highest BCUT2D eigenvalue weighted by Crippen LogP contribution is 2.30. The summed E-state index contributed by atoms with van der Waals surface area (Å²) in [6.07, 6.45) is 13.2. The molecule has 8 heteroatoms. The van der Waals surface area contributed by atoms with Crippen LogP contribution in [-0.4, -0.2) is 49.1 Å². The van der Waals surface area contributed by atoms with E-state index in [0.717, 1.165) is 51.5 Å². The molecule has 0 radical (unpaired) electrons. The number of imidazole rings is 1. The molecule has 0 saturated carbocycles. The zero-order valence-corrected chi connectivity index (χ0v) is 16.1. The van der Waals surface area contributed by atoms with Gasteiger partial charge in [-0.3, -0.25) is 15.1 Å². The van der Waals surface area contributed by atoms with Crippen molar-refractivity contribution in [2.75, 3.05) is 19.4 Å². The molecule has 1 aliphatic heterocycles. The Hall–Kier alpha value is -3.78. The van der Waals surface area contributed by atoms with E-state index in [1.54, 1.807) is 6.20 Å². The summed E-state index contributed by atoms with van der Waals surface area (Å²) in [6.45, 7) is 0.826. The number of allylic oxidation sites excluding steroid dienone is 2. The Morgan fingerprint density at radius 1 is 1.07 bits per heavy atom. The van der Waals surface area contributed by atoms with Gasteiger partial charge in [0.2, 0.25) is 0 Å². The van der Waals surface area contributed by atoms with Crippen molar-refractivity contribution in [1.29, 1.82) is 0 Å². The third-order valence-electron chi connectivity index (χ3n) is 4.68. The molecule has 0 spiro atoms. The summed E-state index contributed by atoms with van der Waals surface area (Å²) in [5.74, 6) is 1.47. The lowest BCUT2D eigenvalue weighted by Crippen LogP contribution is -2.10. The summed E-state index contributed by atoms with van der Waals surface area (Å²) >= 11 is 0. The smallest absolute Gasteiger partial charge is 0.161 e. The second-order valence-corrected chi connectivity index (χ2v) is 7.22. The van der Waals surface area contributed by atoms with Gasteiger partial charge in [-0.05, 0) is 43.9 Å². The van der Waals surface area contributed by atoms with Gasteiger partial charge in [-0.2, -0.15) is 5.10 Å². The van der Waals surface area contributed by atoms with Crippen LogP contribution >= 0.6 is 0 Å². The van der Waals surface area contributed by atoms with Crippen LogP contribution in [-0.2, 0) is 6.54 Å². The molecule has 0 aromatic carbocycles. The number of H-pyrrole nitrogens is 2. The third kappa shape index (κ3) is 3.30. The molecule has 5 heterocycles. The minimum atomic E-state index is 0.699. The van der Waals surface area contributed by atoms with Crippen LogP contribution in [0.25, 0.3) is 39.8 Å². The number of hydrogen-bond donors (Lipinski definition) is 3. The fourth-order valence-electron chi connectivity index (χ4n) is 3.40. The van der Waals surface area contributed by atoms with Crippen molar-refractivity contribution in [2.45, 2.75) is 6.54 Å². The van der Waals surface area contributed by atoms with Crippen LogP contribution in [0.15, 0.2) is 49.1 Å². The molecular weight excluding hydrogens is 364 g/mol. The number of aromatic amines is 2. The number of aromatic nitrogens is 6. The third-order valence-corrected chi connectivity index (χ3v) is 4.68. The minimum absolute atomic E-state index is 0.699. The van der Waals surface area contributed by atoms with Gasteiger partial charge in [0, 0.05) is 36.1 Å². The maximum Gasteiger partial charge on any atom is 0.161 e. The molecule has 144 valence electrons. The standard InChI is InChI=1S/C21H20N8/c1-29(2)12-13-7-14(10-22-9-13)17-8-15-18(11-24-17)27-28-19(15)21-25-16-5-3-4-6-23-20(16)26-21/h3-11,23H,12H2,1-2H3,(H,25,26)(H,27,28). The van der Waals surface area contributed by atoms with Gasteiger partial charge in [-0.25, -0.2) is 4.98 Å². The Labute approximate surface area is 167 Å². The first-order valence-corrected chi connectivity index (χ1v) is 9.30. The largest absolute Gasteiger partial charge is 0.345 e. The van der Waals surface area contributed by atoms with Crippen LogP contribution in [0.2, 0.25) is 0 Å². The molecular formula is C21H20N8. The number of nitrogens with zero attached hydrogens (tertiary/aromatic N) is 5. The van der Waals surface area contributed by atoms with Crippen molar-refractivity contribution in [3.05, 3.63) is 60.3 Å². The van der Waals surface area contributed by atoms with Gasteiger partial charge in [-0.15, -0.1) is 0 Å². The molecule has 0 unspecified atom stereocenters. The molecule has 4 aromatic heterocycles. The summed E-state index contributed by atoms with van der Waals surface area (Å²) in [5.41, 5.74) is 5.49. The van der Waals surface area contributed by atoms with Gasteiger partial charge in [0.1, 0.15) is 5.69 Å². The maximum absolute atomic E-state index is 4.66. The van der Waals surface area contributed by atoms with E-state index in [1.807, 2.05) is 57.0 Å². The molecule has 0 amide bonds. The lowest BCUT2D eigenvalue weighted by Gasteiger charge is -2.10. The normalized spacial score (nSPS) is 12.9. The van der Waals surface area contributed by atoms with Gasteiger partial charge < -0.3 is 15.2 Å². The van der Waals surface area contributed by atoms with Crippen molar-refractivity contribution in [3.63, 3.8) is 0 Å². The first-order valence-electron chi connectivity index (χ1n) is 9.30. The summed E-state index contributed by atoms with van der Waals surface area (Å²) < 4.78 is 0. The second kappa shape index (κ2) is 6.99. The van der Waals surface area contributed by atoms with Crippen molar-refractivity contribution in [3.8, 4) is 22.8 Å². The minimum Gasteiger partial charge on any atom is -0.345 e. The molecule has 4 aromatic rings. The Balaban J connectivity index is 1.57. The highest BCUT2D eigenvalue weighted by molar-refractivity contribution is 5.93. The fraction of sp³-hybridized carbons (Fsp3) is 0.143. The maximum atomic E-state index is 4.66. The topological polar surface area (TPSA) is 98.4 Å². The van der Waals surface area contributed by atoms with E-state index >= 15 is 0 Å². The van der Waals surface area contributed by atoms with E-state index < -0.39 is 0 Å². The average Bonchev–Trinajstić information content (AvgIpc) is 3.25. The molecule has 1 aliphatic rings. The molecule has 3 N–H and O–H groups in total. The second-order valence-electron chi connectivity index (χ2n) is 7.22. The highest BCUT2D eigenvalue weighted by atomic mass is 15.2. The number of pyridine rings is 2. The lowest BCUT2D eigenvalue weighted by atomic mass is 10.1. The van der Waals surface area contributed by atoms with Gasteiger partial charge in [-0.1, -0.05) is 6.08 Å². The Bertz CT molecular complexity index is 1240. The van der Waals surface area contributed by atoms with Crippen molar-refractivity contribution in [2.24, 2.45) is 0 Å². The van der Waals surface area contributed by atoms with Crippen molar-refractivity contribution >= 4 is 22.8 Å². The van der Waals surface area contributed by atoms with E-state index in [0.29, 0.717) is 5.82 Å². The molecule has 0 aliphatic carbocycles. The lowest BCUT2D eigenvalue weighted by molar-refractivity contribution is 0.402. The first-order chi connectivity index (χ1) is 14.2. The quantitative estimate of drug-likeness (QED) is 0.499. The predicted octanol–water partition coefficient (Wildman–Crippen LogP) is 3.42. The molecule has 0 saturated heterocycles. The predicted molar refractivity (Wildman–Crippen MR) is 114 cm³/mol. The molecule has 8 nitrogen and oxygen atoms in total. The average molecular weight is 384 g/mol. The molecule has 29 heavy (non-hydrogen) atoms. The zero-order valence-electron chi connectivity index (χ0n) is 16.1. The van der Waals surface area contributed by atoms with E-state index in [9.17, 15) is 0 Å². The summed E-state index contributed by atoms with van der Waals surface area (Å²) in [7, 11) is 4.08. The fourth-order valence-corrected chi connectivity index (χ4v) is 3.40. The van der Waals surface area contributed by atoms with Crippen LogP contribution in [0.5, 0.6) is 0 Å². The Morgan fingerprint density at radius 2 is 2.00 bits per heavy atom. The number of hydrogen-bond acceptors (Lipinski definition) is 6. The number of nitrogens with one attached hydrogen (secondary N) is 3. The number of rotatable bonds is 4. The van der Waals surface area contributed by atoms with Crippen LogP contribution in [0, 0.1) is 0 Å². The summed E-state index contributed by atoms with van der Waals surface area (Å²) in [6, 6.07) is 4.15. The summed E-state index contributed by atoms with van der Waals surface area (Å²) in [4.78, 5) is 19.1. The van der Waals surface area contributed by atoms with Crippen molar-refractivity contribution < 1.29 is 0 Å².